The zero-order valence-electron chi connectivity index (χ0n) is 40.9. The maximum atomic E-state index is 5.20. The van der Waals surface area contributed by atoms with Crippen LogP contribution in [0.3, 0.4) is 0 Å². The summed E-state index contributed by atoms with van der Waals surface area (Å²) < 4.78 is 4.72. The van der Waals surface area contributed by atoms with Crippen molar-refractivity contribution < 1.29 is 0 Å². The van der Waals surface area contributed by atoms with Gasteiger partial charge in [-0.05, 0) is 95.4 Å². The second-order valence-electron chi connectivity index (χ2n) is 19.6. The van der Waals surface area contributed by atoms with E-state index in [1.54, 1.807) is 0 Å². The van der Waals surface area contributed by atoms with Crippen LogP contribution in [0.1, 0.15) is 0 Å². The van der Waals surface area contributed by atoms with Crippen molar-refractivity contribution in [2.75, 3.05) is 4.90 Å². The SMILES string of the molecule is c1ccc(N2c3ccccc3[Si](c3ccccc3)(c3ccccc3)c3c2c([Si](c2ccccc2)(c2ccccc2)c2ccc4c5ccccc5n5ccnc5c4c2)cc2c3c3ccccc3n2-c2ccccn2)cc1. The average Bonchev–Trinajstić information content (AvgIpc) is 4.30. The van der Waals surface area contributed by atoms with E-state index in [2.05, 4.69) is 281 Å². The Hall–Kier alpha value is -9.41. The van der Waals surface area contributed by atoms with Crippen molar-refractivity contribution in [3.05, 3.63) is 286 Å². The van der Waals surface area contributed by atoms with Crippen LogP contribution in [0.2, 0.25) is 0 Å². The standard InChI is InChI=1S/C68H47N5Si2/c1-6-24-48(25-7-1)72-60-38-20-21-39-62(60)75(51-30-12-4-13-31-51,52-32-14-5-15-33-52)67-65-56-35-17-19-37-59(56)73(64-40-22-23-43-69-64)61(65)47-63(66(67)72)74(49-26-8-2-9-27-49,50-28-10-3-11-29-50)53-41-42-54-55-34-16-18-36-58(55)71-45-44-70-68(71)57(54)46-53/h1-47H. The van der Waals surface area contributed by atoms with Crippen molar-refractivity contribution >= 4 is 124 Å². The van der Waals surface area contributed by atoms with Crippen molar-refractivity contribution in [1.82, 2.24) is 18.9 Å². The quantitative estimate of drug-likeness (QED) is 0.0865. The lowest BCUT2D eigenvalue weighted by Gasteiger charge is -2.48. The molecule has 5 heterocycles. The van der Waals surface area contributed by atoms with E-state index in [0.29, 0.717) is 0 Å². The molecule has 0 N–H and O–H groups in total. The summed E-state index contributed by atoms with van der Waals surface area (Å²) in [6, 6.07) is 100. The van der Waals surface area contributed by atoms with Gasteiger partial charge in [0.15, 0.2) is 16.1 Å². The van der Waals surface area contributed by atoms with Crippen molar-refractivity contribution in [3.63, 3.8) is 0 Å². The summed E-state index contributed by atoms with van der Waals surface area (Å²) in [7, 11) is -6.97. The van der Waals surface area contributed by atoms with Gasteiger partial charge in [0, 0.05) is 57.2 Å². The van der Waals surface area contributed by atoms with Crippen LogP contribution in [0.5, 0.6) is 0 Å². The van der Waals surface area contributed by atoms with Gasteiger partial charge in [-0.3, -0.25) is 8.97 Å². The monoisotopic (exact) mass is 989 g/mol. The number of pyridine rings is 2. The zero-order valence-corrected chi connectivity index (χ0v) is 42.9. The van der Waals surface area contributed by atoms with Crippen LogP contribution in [0.4, 0.5) is 17.1 Å². The minimum atomic E-state index is -3.57. The van der Waals surface area contributed by atoms with Gasteiger partial charge < -0.3 is 4.90 Å². The topological polar surface area (TPSA) is 38.4 Å². The van der Waals surface area contributed by atoms with Crippen LogP contribution in [-0.4, -0.2) is 35.1 Å². The van der Waals surface area contributed by atoms with Gasteiger partial charge in [-0.1, -0.05) is 218 Å². The molecule has 15 rings (SSSR count). The van der Waals surface area contributed by atoms with E-state index in [-0.39, 0.29) is 0 Å². The Bertz CT molecular complexity index is 4390. The first-order valence-electron chi connectivity index (χ1n) is 25.7. The number of hydrogen-bond donors (Lipinski definition) is 0. The summed E-state index contributed by atoms with van der Waals surface area (Å²) in [4.78, 5) is 13.0. The molecule has 0 amide bonds. The summed E-state index contributed by atoms with van der Waals surface area (Å²) in [6.45, 7) is 0. The molecular formula is C68H47N5Si2. The third kappa shape index (κ3) is 6.17. The van der Waals surface area contributed by atoms with E-state index >= 15 is 0 Å². The largest absolute Gasteiger partial charge is 0.311 e. The van der Waals surface area contributed by atoms with Crippen LogP contribution in [-0.2, 0) is 0 Å². The zero-order chi connectivity index (χ0) is 49.5. The van der Waals surface area contributed by atoms with Crippen molar-refractivity contribution in [1.29, 1.82) is 0 Å². The lowest BCUT2D eigenvalue weighted by Crippen LogP contribution is -2.80. The van der Waals surface area contributed by atoms with Crippen LogP contribution in [0.25, 0.3) is 54.9 Å². The highest BCUT2D eigenvalue weighted by atomic mass is 28.3. The Labute approximate surface area is 436 Å². The number of anilines is 3. The third-order valence-electron chi connectivity index (χ3n) is 16.0. The van der Waals surface area contributed by atoms with Gasteiger partial charge >= 0.3 is 0 Å². The molecule has 0 radical (unpaired) electrons. The van der Waals surface area contributed by atoms with Gasteiger partial charge in [0.05, 0.1) is 16.6 Å². The van der Waals surface area contributed by atoms with Crippen LogP contribution >= 0.6 is 0 Å². The highest BCUT2D eigenvalue weighted by Crippen LogP contribution is 2.43. The number of imidazole rings is 1. The first-order valence-corrected chi connectivity index (χ1v) is 29.7. The molecule has 75 heavy (non-hydrogen) atoms. The Morgan fingerprint density at radius 3 is 1.67 bits per heavy atom. The maximum Gasteiger partial charge on any atom is 0.184 e. The van der Waals surface area contributed by atoms with Crippen LogP contribution in [0.15, 0.2) is 286 Å². The summed E-state index contributed by atoms with van der Waals surface area (Å²) in [5, 5.41) is 16.5. The summed E-state index contributed by atoms with van der Waals surface area (Å²) >= 11 is 0. The maximum absolute atomic E-state index is 5.20. The second-order valence-corrected chi connectivity index (χ2v) is 27.1. The van der Waals surface area contributed by atoms with E-state index in [1.807, 2.05) is 18.5 Å². The van der Waals surface area contributed by atoms with Crippen molar-refractivity contribution in [3.8, 4) is 5.82 Å². The van der Waals surface area contributed by atoms with Gasteiger partial charge in [-0.2, -0.15) is 0 Å². The smallest absolute Gasteiger partial charge is 0.184 e. The van der Waals surface area contributed by atoms with Gasteiger partial charge in [-0.15, -0.1) is 0 Å². The average molecular weight is 990 g/mol. The molecule has 0 aliphatic carbocycles. The van der Waals surface area contributed by atoms with E-state index in [4.69, 9.17) is 9.97 Å². The number of para-hydroxylation sites is 4. The number of aromatic nitrogens is 4. The van der Waals surface area contributed by atoms with Gasteiger partial charge in [0.25, 0.3) is 0 Å². The number of rotatable bonds is 8. The highest BCUT2D eigenvalue weighted by molar-refractivity contribution is 7.24. The Morgan fingerprint density at radius 1 is 0.400 bits per heavy atom. The lowest BCUT2D eigenvalue weighted by atomic mass is 10.1. The summed E-state index contributed by atoms with van der Waals surface area (Å²) in [6.07, 6.45) is 5.98. The fourth-order valence-electron chi connectivity index (χ4n) is 13.1. The molecule has 0 fully saturated rings. The van der Waals surface area contributed by atoms with E-state index in [9.17, 15) is 0 Å². The summed E-state index contributed by atoms with van der Waals surface area (Å²) in [5.74, 6) is 0.878. The Balaban J connectivity index is 1.26. The molecule has 0 unspecified atom stereocenters. The predicted octanol–water partition coefficient (Wildman–Crippen LogP) is 10.7. The molecular weight excluding hydrogens is 943 g/mol. The molecule has 0 saturated carbocycles. The van der Waals surface area contributed by atoms with Crippen LogP contribution < -0.4 is 46.4 Å². The van der Waals surface area contributed by atoms with Gasteiger partial charge in [0.2, 0.25) is 0 Å². The molecule has 0 atom stereocenters. The third-order valence-corrected chi connectivity index (χ3v) is 25.6. The molecule has 7 heteroatoms. The van der Waals surface area contributed by atoms with E-state index < -0.39 is 16.1 Å². The normalized spacial score (nSPS) is 13.1. The Kier molecular flexibility index (Phi) is 9.85. The fraction of sp³-hybridized carbons (Fsp3) is 0. The summed E-state index contributed by atoms with van der Waals surface area (Å²) in [5.41, 5.74) is 7.87. The van der Waals surface area contributed by atoms with Crippen molar-refractivity contribution in [2.45, 2.75) is 0 Å². The van der Waals surface area contributed by atoms with E-state index in [1.165, 1.54) is 74.4 Å². The minimum absolute atomic E-state index is 0.878. The molecule has 1 aliphatic heterocycles. The molecule has 1 aliphatic rings. The number of fused-ring (bicyclic) bond motifs is 12. The molecule has 10 aromatic carbocycles. The minimum Gasteiger partial charge on any atom is -0.311 e. The molecule has 0 bridgehead atoms. The number of benzene rings is 10. The van der Waals surface area contributed by atoms with Gasteiger partial charge in [-0.25, -0.2) is 9.97 Å². The molecule has 4 aromatic heterocycles. The molecule has 0 spiro atoms. The number of nitrogens with zero attached hydrogens (tertiary/aromatic N) is 5. The highest BCUT2D eigenvalue weighted by Gasteiger charge is 2.54. The first kappa shape index (κ1) is 43.2. The first-order chi connectivity index (χ1) is 37.3. The lowest BCUT2D eigenvalue weighted by molar-refractivity contribution is 1.08. The number of hydrogen-bond acceptors (Lipinski definition) is 3. The fourth-order valence-corrected chi connectivity index (χ4v) is 23.5. The molecule has 14 aromatic rings. The molecule has 352 valence electrons. The van der Waals surface area contributed by atoms with Crippen LogP contribution in [0, 0.1) is 0 Å². The van der Waals surface area contributed by atoms with E-state index in [0.717, 1.165) is 39.1 Å². The molecule has 5 nitrogen and oxygen atoms in total. The Morgan fingerprint density at radius 2 is 0.987 bits per heavy atom. The predicted molar refractivity (Wildman–Crippen MR) is 318 cm³/mol. The second kappa shape index (κ2) is 17.1. The van der Waals surface area contributed by atoms with Gasteiger partial charge in [0.1, 0.15) is 11.5 Å². The van der Waals surface area contributed by atoms with Crippen molar-refractivity contribution in [2.24, 2.45) is 0 Å². The molecule has 0 saturated heterocycles.